The molecule has 0 bridgehead atoms. The highest BCUT2D eigenvalue weighted by Gasteiger charge is 2.18. The minimum absolute atomic E-state index is 0. The number of hydrogen-bond acceptors (Lipinski definition) is 5. The lowest BCUT2D eigenvalue weighted by Gasteiger charge is -2.09. The highest BCUT2D eigenvalue weighted by Crippen LogP contribution is 2.19. The van der Waals surface area contributed by atoms with Gasteiger partial charge in [-0.2, -0.15) is 0 Å². The lowest BCUT2D eigenvalue weighted by Crippen LogP contribution is -2.23. The topological polar surface area (TPSA) is 127 Å². The number of hydrogen-bond donors (Lipinski definition) is 3. The van der Waals surface area contributed by atoms with Crippen LogP contribution in [0.4, 0.5) is 17.1 Å². The Morgan fingerprint density at radius 1 is 0.900 bits per heavy atom. The summed E-state index contributed by atoms with van der Waals surface area (Å²) in [4.78, 5) is 35.0. The summed E-state index contributed by atoms with van der Waals surface area (Å²) in [5, 5.41) is 16.4. The first-order valence-electron chi connectivity index (χ1n) is 8.72. The Kier molecular flexibility index (Phi) is 7.49. The Morgan fingerprint density at radius 2 is 1.53 bits per heavy atom. The SMILES string of the molecule is Cl.Nc1ccccc1NC(=O)c1ccc(CNC(=O)c2ccccc2[N+](=O)[O-])cc1. The van der Waals surface area contributed by atoms with Crippen LogP contribution < -0.4 is 16.4 Å². The van der Waals surface area contributed by atoms with Crippen LogP contribution in [0, 0.1) is 10.1 Å². The number of nitrogens with two attached hydrogens (primary N) is 1. The van der Waals surface area contributed by atoms with E-state index >= 15 is 0 Å². The van der Waals surface area contributed by atoms with Gasteiger partial charge >= 0.3 is 0 Å². The number of carbonyl (C=O) groups excluding carboxylic acids is 2. The molecule has 0 saturated carbocycles. The third kappa shape index (κ3) is 5.33. The molecule has 0 atom stereocenters. The van der Waals surface area contributed by atoms with E-state index in [9.17, 15) is 19.7 Å². The van der Waals surface area contributed by atoms with Crippen LogP contribution in [0.2, 0.25) is 0 Å². The third-order valence-corrected chi connectivity index (χ3v) is 4.22. The molecule has 154 valence electrons. The van der Waals surface area contributed by atoms with Gasteiger partial charge in [0.2, 0.25) is 0 Å². The second-order valence-corrected chi connectivity index (χ2v) is 6.20. The molecule has 3 aromatic rings. The van der Waals surface area contributed by atoms with Crippen molar-refractivity contribution in [2.45, 2.75) is 6.54 Å². The molecule has 0 aromatic heterocycles. The summed E-state index contributed by atoms with van der Waals surface area (Å²) in [6.45, 7) is 0.165. The van der Waals surface area contributed by atoms with E-state index in [2.05, 4.69) is 10.6 Å². The Hall–Kier alpha value is -3.91. The van der Waals surface area contributed by atoms with Gasteiger partial charge in [-0.25, -0.2) is 0 Å². The molecule has 30 heavy (non-hydrogen) atoms. The number of amides is 2. The summed E-state index contributed by atoms with van der Waals surface area (Å²) in [6.07, 6.45) is 0. The van der Waals surface area contributed by atoms with Gasteiger partial charge in [-0.1, -0.05) is 36.4 Å². The number of halogens is 1. The number of nitro groups is 1. The molecule has 0 aliphatic carbocycles. The van der Waals surface area contributed by atoms with Crippen LogP contribution in [0.1, 0.15) is 26.3 Å². The van der Waals surface area contributed by atoms with Crippen molar-refractivity contribution in [3.05, 3.63) is 99.6 Å². The molecule has 2 amide bonds. The zero-order chi connectivity index (χ0) is 20.8. The average Bonchev–Trinajstić information content (AvgIpc) is 2.74. The molecular weight excluding hydrogens is 408 g/mol. The number of anilines is 2. The standard InChI is InChI=1S/C21H18N4O4.ClH/c22-17-6-2-3-7-18(17)24-20(26)15-11-9-14(10-12-15)13-23-21(27)16-5-1-4-8-19(16)25(28)29;/h1-12H,13,22H2,(H,23,27)(H,24,26);1H. The van der Waals surface area contributed by atoms with Crippen LogP contribution in [0.25, 0.3) is 0 Å². The van der Waals surface area contributed by atoms with Gasteiger partial charge < -0.3 is 16.4 Å². The van der Waals surface area contributed by atoms with Crippen molar-refractivity contribution in [2.75, 3.05) is 11.1 Å². The third-order valence-electron chi connectivity index (χ3n) is 4.22. The fourth-order valence-electron chi connectivity index (χ4n) is 2.68. The van der Waals surface area contributed by atoms with Crippen molar-refractivity contribution < 1.29 is 14.5 Å². The van der Waals surface area contributed by atoms with Crippen LogP contribution in [-0.2, 0) is 6.54 Å². The second kappa shape index (κ2) is 10.0. The highest BCUT2D eigenvalue weighted by atomic mass is 35.5. The summed E-state index contributed by atoms with van der Waals surface area (Å²) in [5.41, 5.74) is 7.73. The van der Waals surface area contributed by atoms with Gasteiger partial charge in [0, 0.05) is 18.2 Å². The molecule has 0 unspecified atom stereocenters. The van der Waals surface area contributed by atoms with E-state index in [4.69, 9.17) is 5.73 Å². The van der Waals surface area contributed by atoms with E-state index in [0.29, 0.717) is 16.9 Å². The maximum absolute atomic E-state index is 12.3. The number of carbonyl (C=O) groups is 2. The summed E-state index contributed by atoms with van der Waals surface area (Å²) in [7, 11) is 0. The molecule has 3 rings (SSSR count). The van der Waals surface area contributed by atoms with Crippen LogP contribution in [0.5, 0.6) is 0 Å². The van der Waals surface area contributed by atoms with Gasteiger partial charge in [0.25, 0.3) is 17.5 Å². The number of nitrogen functional groups attached to an aromatic ring is 1. The number of nitro benzene ring substituents is 1. The molecular formula is C21H19ClN4O4. The maximum atomic E-state index is 12.3. The maximum Gasteiger partial charge on any atom is 0.282 e. The van der Waals surface area contributed by atoms with Gasteiger partial charge in [0.1, 0.15) is 5.56 Å². The summed E-state index contributed by atoms with van der Waals surface area (Å²) >= 11 is 0. The fraction of sp³-hybridized carbons (Fsp3) is 0.0476. The molecule has 0 fully saturated rings. The van der Waals surface area contributed by atoms with Crippen LogP contribution in [-0.4, -0.2) is 16.7 Å². The van der Waals surface area contributed by atoms with Crippen molar-refractivity contribution in [2.24, 2.45) is 0 Å². The molecule has 0 aliphatic heterocycles. The van der Waals surface area contributed by atoms with E-state index in [-0.39, 0.29) is 36.1 Å². The van der Waals surface area contributed by atoms with Crippen molar-refractivity contribution in [3.63, 3.8) is 0 Å². The van der Waals surface area contributed by atoms with E-state index in [0.717, 1.165) is 5.56 Å². The number of benzene rings is 3. The number of rotatable bonds is 6. The predicted octanol–water partition coefficient (Wildman–Crippen LogP) is 3.78. The van der Waals surface area contributed by atoms with Gasteiger partial charge in [0.05, 0.1) is 16.3 Å². The number of nitrogens with one attached hydrogen (secondary N) is 2. The molecule has 0 spiro atoms. The molecule has 4 N–H and O–H groups in total. The first-order valence-corrected chi connectivity index (χ1v) is 8.72. The smallest absolute Gasteiger partial charge is 0.282 e. The monoisotopic (exact) mass is 426 g/mol. The molecule has 0 radical (unpaired) electrons. The quantitative estimate of drug-likeness (QED) is 0.314. The Morgan fingerprint density at radius 3 is 2.20 bits per heavy atom. The van der Waals surface area contributed by atoms with Gasteiger partial charge in [-0.3, -0.25) is 19.7 Å². The normalized spacial score (nSPS) is 9.87. The molecule has 0 saturated heterocycles. The van der Waals surface area contributed by atoms with Crippen molar-refractivity contribution in [1.29, 1.82) is 0 Å². The zero-order valence-corrected chi connectivity index (χ0v) is 16.5. The van der Waals surface area contributed by atoms with Gasteiger partial charge in [-0.15, -0.1) is 12.4 Å². The molecule has 0 aliphatic rings. The summed E-state index contributed by atoms with van der Waals surface area (Å²) in [5.74, 6) is -0.850. The molecule has 0 heterocycles. The summed E-state index contributed by atoms with van der Waals surface area (Å²) in [6, 6.07) is 19.3. The molecule has 3 aromatic carbocycles. The number of nitrogens with zero attached hydrogens (tertiary/aromatic N) is 1. The highest BCUT2D eigenvalue weighted by molar-refractivity contribution is 6.05. The molecule has 8 nitrogen and oxygen atoms in total. The van der Waals surface area contributed by atoms with Crippen molar-refractivity contribution in [3.8, 4) is 0 Å². The Balaban J connectivity index is 0.00000320. The average molecular weight is 427 g/mol. The lowest BCUT2D eigenvalue weighted by atomic mass is 10.1. The Bertz CT molecular complexity index is 1070. The van der Waals surface area contributed by atoms with E-state index in [1.54, 1.807) is 54.6 Å². The predicted molar refractivity (Wildman–Crippen MR) is 117 cm³/mol. The van der Waals surface area contributed by atoms with Crippen LogP contribution in [0.3, 0.4) is 0 Å². The number of para-hydroxylation sites is 3. The van der Waals surface area contributed by atoms with Gasteiger partial charge in [0.15, 0.2) is 0 Å². The van der Waals surface area contributed by atoms with Crippen LogP contribution >= 0.6 is 12.4 Å². The zero-order valence-electron chi connectivity index (χ0n) is 15.7. The first-order chi connectivity index (χ1) is 14.0. The second-order valence-electron chi connectivity index (χ2n) is 6.20. The largest absolute Gasteiger partial charge is 0.397 e. The Labute approximate surface area is 178 Å². The fourth-order valence-corrected chi connectivity index (χ4v) is 2.68. The minimum atomic E-state index is -0.595. The minimum Gasteiger partial charge on any atom is -0.397 e. The van der Waals surface area contributed by atoms with Crippen molar-refractivity contribution >= 4 is 41.3 Å². The van der Waals surface area contributed by atoms with E-state index in [1.165, 1.54) is 18.2 Å². The summed E-state index contributed by atoms with van der Waals surface area (Å²) < 4.78 is 0. The van der Waals surface area contributed by atoms with Crippen LogP contribution in [0.15, 0.2) is 72.8 Å². The van der Waals surface area contributed by atoms with E-state index < -0.39 is 10.8 Å². The first kappa shape index (κ1) is 22.4. The van der Waals surface area contributed by atoms with Gasteiger partial charge in [-0.05, 0) is 35.9 Å². The van der Waals surface area contributed by atoms with Crippen molar-refractivity contribution in [1.82, 2.24) is 5.32 Å². The lowest BCUT2D eigenvalue weighted by molar-refractivity contribution is -0.385. The molecule has 9 heteroatoms. The van der Waals surface area contributed by atoms with E-state index in [1.807, 2.05) is 0 Å².